The molecule has 1 fully saturated rings. The number of carbonyl (C=O) groups is 3. The molecule has 0 aromatic heterocycles. The highest BCUT2D eigenvalue weighted by Gasteiger charge is 2.39. The number of ether oxygens (including phenoxy) is 1. The number of urea groups is 1. The number of nitrogens with zero attached hydrogens (tertiary/aromatic N) is 3. The van der Waals surface area contributed by atoms with Crippen LogP contribution in [0.5, 0.6) is 0 Å². The minimum Gasteiger partial charge on any atom is -0.463 e. The van der Waals surface area contributed by atoms with Crippen LogP contribution in [-0.2, 0) is 9.53 Å². The lowest BCUT2D eigenvalue weighted by molar-refractivity contribution is -0.139. The summed E-state index contributed by atoms with van der Waals surface area (Å²) in [6, 6.07) is 12.5. The highest BCUT2D eigenvalue weighted by molar-refractivity contribution is 5.95. The summed E-state index contributed by atoms with van der Waals surface area (Å²) in [5.74, 6) is -1.10. The SMILES string of the molecule is CCOC(=O)C1=C(CN2CCCN(C(=O)c3cccc(F)c3)CC2)N(CC)C(=O)NC1c1ccccc1C. The molecule has 0 spiro atoms. The second-order valence-corrected chi connectivity index (χ2v) is 9.50. The van der Waals surface area contributed by atoms with Gasteiger partial charge in [0.25, 0.3) is 5.91 Å². The van der Waals surface area contributed by atoms with E-state index in [1.807, 2.05) is 38.1 Å². The monoisotopic (exact) mass is 522 g/mol. The smallest absolute Gasteiger partial charge is 0.338 e. The van der Waals surface area contributed by atoms with Gasteiger partial charge in [0, 0.05) is 50.5 Å². The van der Waals surface area contributed by atoms with Crippen LogP contribution in [0.4, 0.5) is 9.18 Å². The number of likely N-dealkylation sites (N-methyl/N-ethyl adjacent to an activating group) is 1. The molecule has 0 aliphatic carbocycles. The van der Waals surface area contributed by atoms with Crippen LogP contribution < -0.4 is 5.32 Å². The van der Waals surface area contributed by atoms with E-state index in [4.69, 9.17) is 4.74 Å². The van der Waals surface area contributed by atoms with Crippen LogP contribution >= 0.6 is 0 Å². The van der Waals surface area contributed by atoms with Gasteiger partial charge in [0.2, 0.25) is 0 Å². The van der Waals surface area contributed by atoms with Crippen LogP contribution in [0.25, 0.3) is 0 Å². The van der Waals surface area contributed by atoms with Gasteiger partial charge in [0.1, 0.15) is 5.82 Å². The molecule has 2 heterocycles. The van der Waals surface area contributed by atoms with Crippen molar-refractivity contribution >= 4 is 17.9 Å². The van der Waals surface area contributed by atoms with Crippen molar-refractivity contribution in [2.75, 3.05) is 45.9 Å². The summed E-state index contributed by atoms with van der Waals surface area (Å²) < 4.78 is 19.2. The van der Waals surface area contributed by atoms with E-state index in [0.717, 1.165) is 11.1 Å². The van der Waals surface area contributed by atoms with E-state index in [0.29, 0.717) is 62.5 Å². The molecule has 1 N–H and O–H groups in total. The molecule has 9 heteroatoms. The van der Waals surface area contributed by atoms with Crippen molar-refractivity contribution in [1.82, 2.24) is 20.0 Å². The molecule has 1 unspecified atom stereocenters. The Kier molecular flexibility index (Phi) is 8.78. The van der Waals surface area contributed by atoms with E-state index >= 15 is 0 Å². The fourth-order valence-electron chi connectivity index (χ4n) is 5.15. The summed E-state index contributed by atoms with van der Waals surface area (Å²) in [7, 11) is 0. The van der Waals surface area contributed by atoms with Crippen LogP contribution in [0.3, 0.4) is 0 Å². The Morgan fingerprint density at radius 1 is 1.05 bits per heavy atom. The standard InChI is InChI=1S/C29H35FN4O4/c1-4-34-24(19-32-14-9-15-33(17-16-32)27(35)21-11-8-12-22(30)18-21)25(28(36)38-5-2)26(31-29(34)37)23-13-7-6-10-20(23)3/h6-8,10-13,18,26H,4-5,9,14-17,19H2,1-3H3,(H,31,37). The van der Waals surface area contributed by atoms with Crippen LogP contribution in [0.2, 0.25) is 0 Å². The fourth-order valence-corrected chi connectivity index (χ4v) is 5.15. The quantitative estimate of drug-likeness (QED) is 0.558. The summed E-state index contributed by atoms with van der Waals surface area (Å²) in [5, 5.41) is 3.01. The molecule has 2 aromatic carbocycles. The van der Waals surface area contributed by atoms with Gasteiger partial charge in [-0.25, -0.2) is 14.0 Å². The maximum atomic E-state index is 13.7. The largest absolute Gasteiger partial charge is 0.463 e. The Morgan fingerprint density at radius 3 is 2.55 bits per heavy atom. The van der Waals surface area contributed by atoms with E-state index in [1.165, 1.54) is 18.2 Å². The van der Waals surface area contributed by atoms with Gasteiger partial charge < -0.3 is 15.0 Å². The molecule has 38 heavy (non-hydrogen) atoms. The molecule has 1 atom stereocenters. The normalized spacial score (nSPS) is 18.7. The molecule has 202 valence electrons. The van der Waals surface area contributed by atoms with Gasteiger partial charge in [-0.05, 0) is 56.5 Å². The number of aryl methyl sites for hydroxylation is 1. The van der Waals surface area contributed by atoms with Gasteiger partial charge in [0.15, 0.2) is 0 Å². The van der Waals surface area contributed by atoms with E-state index in [1.54, 1.807) is 22.8 Å². The molecule has 1 saturated heterocycles. The number of hydrogen-bond acceptors (Lipinski definition) is 5. The lowest BCUT2D eigenvalue weighted by Crippen LogP contribution is -2.51. The van der Waals surface area contributed by atoms with Gasteiger partial charge in [-0.1, -0.05) is 30.3 Å². The van der Waals surface area contributed by atoms with Gasteiger partial charge in [-0.15, -0.1) is 0 Å². The third-order valence-corrected chi connectivity index (χ3v) is 7.07. The fraction of sp³-hybridized carbons (Fsp3) is 0.414. The summed E-state index contributed by atoms with van der Waals surface area (Å²) in [6.45, 7) is 8.79. The maximum absolute atomic E-state index is 13.7. The molecule has 8 nitrogen and oxygen atoms in total. The number of esters is 1. The van der Waals surface area contributed by atoms with Crippen LogP contribution in [0.15, 0.2) is 59.8 Å². The summed E-state index contributed by atoms with van der Waals surface area (Å²) in [4.78, 5) is 45.1. The third kappa shape index (κ3) is 5.88. The van der Waals surface area contributed by atoms with Crippen LogP contribution in [0, 0.1) is 12.7 Å². The predicted octanol–water partition coefficient (Wildman–Crippen LogP) is 3.89. The topological polar surface area (TPSA) is 82.2 Å². The maximum Gasteiger partial charge on any atom is 0.338 e. The number of rotatable bonds is 7. The van der Waals surface area contributed by atoms with Gasteiger partial charge >= 0.3 is 12.0 Å². The molecule has 0 radical (unpaired) electrons. The Morgan fingerprint density at radius 2 is 1.84 bits per heavy atom. The first-order valence-corrected chi connectivity index (χ1v) is 13.1. The Balaban J connectivity index is 1.63. The molecular formula is C29H35FN4O4. The zero-order chi connectivity index (χ0) is 27.2. The molecular weight excluding hydrogens is 487 g/mol. The first-order valence-electron chi connectivity index (χ1n) is 13.1. The van der Waals surface area contributed by atoms with Gasteiger partial charge in [0.05, 0.1) is 18.2 Å². The zero-order valence-electron chi connectivity index (χ0n) is 22.2. The van der Waals surface area contributed by atoms with Gasteiger partial charge in [-0.3, -0.25) is 14.6 Å². The first-order chi connectivity index (χ1) is 18.3. The minimum atomic E-state index is -0.626. The average Bonchev–Trinajstić information content (AvgIpc) is 3.14. The molecule has 0 bridgehead atoms. The van der Waals surface area contributed by atoms with Crippen molar-refractivity contribution in [3.05, 3.63) is 82.3 Å². The highest BCUT2D eigenvalue weighted by atomic mass is 19.1. The lowest BCUT2D eigenvalue weighted by atomic mass is 9.91. The number of halogens is 1. The van der Waals surface area contributed by atoms with Crippen molar-refractivity contribution in [3.63, 3.8) is 0 Å². The second kappa shape index (κ2) is 12.2. The third-order valence-electron chi connectivity index (χ3n) is 7.07. The number of carbonyl (C=O) groups excluding carboxylic acids is 3. The van der Waals surface area contributed by atoms with Crippen LogP contribution in [0.1, 0.15) is 47.8 Å². The molecule has 2 aliphatic heterocycles. The summed E-state index contributed by atoms with van der Waals surface area (Å²) in [6.07, 6.45) is 0.711. The Hall–Kier alpha value is -3.72. The number of nitrogens with one attached hydrogen (secondary N) is 1. The van der Waals surface area contributed by atoms with Crippen molar-refractivity contribution in [2.24, 2.45) is 0 Å². The van der Waals surface area contributed by atoms with Gasteiger partial charge in [-0.2, -0.15) is 0 Å². The van der Waals surface area contributed by atoms with Crippen molar-refractivity contribution in [2.45, 2.75) is 33.2 Å². The molecule has 2 aliphatic rings. The zero-order valence-corrected chi connectivity index (χ0v) is 22.2. The average molecular weight is 523 g/mol. The number of benzene rings is 2. The van der Waals surface area contributed by atoms with E-state index in [9.17, 15) is 18.8 Å². The number of amides is 3. The first kappa shape index (κ1) is 27.3. The van der Waals surface area contributed by atoms with Crippen molar-refractivity contribution in [1.29, 1.82) is 0 Å². The Labute approximate surface area is 223 Å². The minimum absolute atomic E-state index is 0.204. The van der Waals surface area contributed by atoms with Crippen molar-refractivity contribution < 1.29 is 23.5 Å². The lowest BCUT2D eigenvalue weighted by Gasteiger charge is -2.38. The Bertz CT molecular complexity index is 1230. The molecule has 4 rings (SSSR count). The molecule has 3 amide bonds. The van der Waals surface area contributed by atoms with Crippen LogP contribution in [-0.4, -0.2) is 78.5 Å². The van der Waals surface area contributed by atoms with Crippen molar-refractivity contribution in [3.8, 4) is 0 Å². The van der Waals surface area contributed by atoms with E-state index < -0.39 is 17.8 Å². The van der Waals surface area contributed by atoms with E-state index in [2.05, 4.69) is 10.2 Å². The number of hydrogen-bond donors (Lipinski definition) is 1. The van der Waals surface area contributed by atoms with E-state index in [-0.39, 0.29) is 18.5 Å². The molecule has 0 saturated carbocycles. The predicted molar refractivity (Wildman–Crippen MR) is 142 cm³/mol. The highest BCUT2D eigenvalue weighted by Crippen LogP contribution is 2.33. The summed E-state index contributed by atoms with van der Waals surface area (Å²) >= 11 is 0. The summed E-state index contributed by atoms with van der Waals surface area (Å²) in [5.41, 5.74) is 3.19. The molecule has 2 aromatic rings. The second-order valence-electron chi connectivity index (χ2n) is 9.50.